The van der Waals surface area contributed by atoms with Crippen LogP contribution in [0.2, 0.25) is 0 Å². The van der Waals surface area contributed by atoms with Crippen molar-refractivity contribution in [3.63, 3.8) is 0 Å². The van der Waals surface area contributed by atoms with E-state index in [9.17, 15) is 4.79 Å². The minimum absolute atomic E-state index is 0.737. The van der Waals surface area contributed by atoms with E-state index in [1.54, 1.807) is 11.3 Å². The maximum absolute atomic E-state index is 10.7. The normalized spacial score (nSPS) is 10.5. The highest BCUT2D eigenvalue weighted by Crippen LogP contribution is 2.24. The molecule has 15 heavy (non-hydrogen) atoms. The van der Waals surface area contributed by atoms with Gasteiger partial charge in [0, 0.05) is 12.7 Å². The Balaban J connectivity index is 2.05. The predicted molar refractivity (Wildman–Crippen MR) is 65.5 cm³/mol. The molecule has 0 amide bonds. The average Bonchev–Trinajstić information content (AvgIpc) is 2.83. The van der Waals surface area contributed by atoms with Crippen LogP contribution in [0.15, 0.2) is 33.6 Å². The summed E-state index contributed by atoms with van der Waals surface area (Å²) in [6.45, 7) is 0.844. The minimum atomic E-state index is 0.737. The van der Waals surface area contributed by atoms with E-state index in [0.717, 1.165) is 24.9 Å². The van der Waals surface area contributed by atoms with Gasteiger partial charge in [-0.3, -0.25) is 4.79 Å². The molecule has 0 saturated heterocycles. The lowest BCUT2D eigenvalue weighted by molar-refractivity contribution is 0.111. The first-order valence-electron chi connectivity index (χ1n) is 4.63. The van der Waals surface area contributed by atoms with Gasteiger partial charge in [-0.15, -0.1) is 11.3 Å². The molecule has 0 spiro atoms. The van der Waals surface area contributed by atoms with Crippen molar-refractivity contribution in [2.24, 2.45) is 0 Å². The summed E-state index contributed by atoms with van der Waals surface area (Å²) in [4.78, 5) is 10.7. The Kier molecular flexibility index (Phi) is 3.38. The van der Waals surface area contributed by atoms with Crippen LogP contribution in [-0.2, 0) is 13.0 Å². The summed E-state index contributed by atoms with van der Waals surface area (Å²) in [5.41, 5.74) is 2.03. The number of thiophene rings is 1. The average molecular weight is 284 g/mol. The molecule has 2 nitrogen and oxygen atoms in total. The molecule has 0 aliphatic carbocycles. The molecular weight excluding hydrogens is 274 g/mol. The van der Waals surface area contributed by atoms with Crippen molar-refractivity contribution < 1.29 is 4.79 Å². The van der Waals surface area contributed by atoms with E-state index in [0.29, 0.717) is 0 Å². The molecule has 2 rings (SSSR count). The van der Waals surface area contributed by atoms with E-state index >= 15 is 0 Å². The molecule has 0 aliphatic heterocycles. The Bertz CT molecular complexity index is 461. The number of rotatable bonds is 4. The lowest BCUT2D eigenvalue weighted by Gasteiger charge is -2.04. The topological polar surface area (TPSA) is 22.0 Å². The minimum Gasteiger partial charge on any atom is -0.345 e. The Hall–Kier alpha value is -0.870. The van der Waals surface area contributed by atoms with Crippen molar-refractivity contribution in [3.05, 3.63) is 44.8 Å². The third kappa shape index (κ3) is 2.38. The number of carbonyl (C=O) groups excluding carboxylic acids is 1. The van der Waals surface area contributed by atoms with Gasteiger partial charge in [-0.2, -0.15) is 0 Å². The van der Waals surface area contributed by atoms with E-state index in [1.807, 2.05) is 22.9 Å². The van der Waals surface area contributed by atoms with Crippen LogP contribution >= 0.6 is 27.3 Å². The maximum atomic E-state index is 10.7. The predicted octanol–water partition coefficient (Wildman–Crippen LogP) is 3.37. The molecule has 0 saturated carbocycles. The fourth-order valence-corrected chi connectivity index (χ4v) is 2.80. The van der Waals surface area contributed by atoms with Crippen LogP contribution in [0.25, 0.3) is 0 Å². The van der Waals surface area contributed by atoms with Crippen LogP contribution in [0.3, 0.4) is 0 Å². The lowest BCUT2D eigenvalue weighted by atomic mass is 10.2. The zero-order valence-electron chi connectivity index (χ0n) is 8.02. The summed E-state index contributed by atoms with van der Waals surface area (Å²) < 4.78 is 3.15. The maximum Gasteiger partial charge on any atom is 0.166 e. The second kappa shape index (κ2) is 4.77. The Morgan fingerprint density at radius 2 is 2.33 bits per heavy atom. The third-order valence-corrected chi connectivity index (χ3v) is 4.11. The molecule has 0 atom stereocenters. The van der Waals surface area contributed by atoms with Crippen LogP contribution in [-0.4, -0.2) is 10.9 Å². The highest BCUT2D eigenvalue weighted by molar-refractivity contribution is 9.11. The second-order valence-corrected chi connectivity index (χ2v) is 5.45. The quantitative estimate of drug-likeness (QED) is 0.789. The van der Waals surface area contributed by atoms with Gasteiger partial charge in [0.1, 0.15) is 0 Å². The first-order chi connectivity index (χ1) is 7.31. The number of hydrogen-bond acceptors (Lipinski definition) is 2. The summed E-state index contributed by atoms with van der Waals surface area (Å²) in [7, 11) is 0. The Labute approximate surface area is 101 Å². The van der Waals surface area contributed by atoms with Crippen molar-refractivity contribution in [3.8, 4) is 0 Å². The SMILES string of the molecule is O=Cc1cccn1CCc1ccsc1Br. The summed E-state index contributed by atoms with van der Waals surface area (Å²) in [5, 5.41) is 2.07. The fourth-order valence-electron chi connectivity index (χ4n) is 1.48. The molecule has 0 N–H and O–H groups in total. The van der Waals surface area contributed by atoms with Crippen molar-refractivity contribution in [1.29, 1.82) is 0 Å². The van der Waals surface area contributed by atoms with E-state index in [-0.39, 0.29) is 0 Å². The van der Waals surface area contributed by atoms with Gasteiger partial charge in [0.25, 0.3) is 0 Å². The number of halogens is 1. The molecule has 0 aromatic carbocycles. The molecule has 2 heterocycles. The molecule has 0 unspecified atom stereocenters. The molecular formula is C11H10BrNOS. The van der Waals surface area contributed by atoms with Crippen molar-refractivity contribution in [1.82, 2.24) is 4.57 Å². The van der Waals surface area contributed by atoms with E-state index < -0.39 is 0 Å². The van der Waals surface area contributed by atoms with Gasteiger partial charge in [0.05, 0.1) is 9.48 Å². The van der Waals surface area contributed by atoms with Gasteiger partial charge in [0.2, 0.25) is 0 Å². The summed E-state index contributed by atoms with van der Waals surface area (Å²) in [6, 6.07) is 5.83. The van der Waals surface area contributed by atoms with Crippen molar-refractivity contribution in [2.45, 2.75) is 13.0 Å². The zero-order valence-corrected chi connectivity index (χ0v) is 10.4. The molecule has 4 heteroatoms. The van der Waals surface area contributed by atoms with Crippen molar-refractivity contribution in [2.75, 3.05) is 0 Å². The number of carbonyl (C=O) groups is 1. The number of aryl methyl sites for hydroxylation is 2. The zero-order chi connectivity index (χ0) is 10.7. The molecule has 0 fully saturated rings. The van der Waals surface area contributed by atoms with E-state index in [4.69, 9.17) is 0 Å². The van der Waals surface area contributed by atoms with Gasteiger partial charge in [-0.05, 0) is 51.5 Å². The number of nitrogens with zero attached hydrogens (tertiary/aromatic N) is 1. The van der Waals surface area contributed by atoms with Crippen LogP contribution in [0.5, 0.6) is 0 Å². The van der Waals surface area contributed by atoms with Gasteiger partial charge >= 0.3 is 0 Å². The number of hydrogen-bond donors (Lipinski definition) is 0. The second-order valence-electron chi connectivity index (χ2n) is 3.21. The van der Waals surface area contributed by atoms with Crippen LogP contribution in [0.4, 0.5) is 0 Å². The summed E-state index contributed by atoms with van der Waals surface area (Å²) >= 11 is 5.20. The van der Waals surface area contributed by atoms with Gasteiger partial charge < -0.3 is 4.57 Å². The highest BCUT2D eigenvalue weighted by Gasteiger charge is 2.03. The number of aromatic nitrogens is 1. The third-order valence-electron chi connectivity index (χ3n) is 2.30. The number of aldehydes is 1. The van der Waals surface area contributed by atoms with Crippen LogP contribution in [0, 0.1) is 0 Å². The van der Waals surface area contributed by atoms with Gasteiger partial charge in [-0.25, -0.2) is 0 Å². The Morgan fingerprint density at radius 3 is 3.00 bits per heavy atom. The van der Waals surface area contributed by atoms with Crippen LogP contribution < -0.4 is 0 Å². The molecule has 0 bridgehead atoms. The largest absolute Gasteiger partial charge is 0.345 e. The molecule has 2 aromatic rings. The first-order valence-corrected chi connectivity index (χ1v) is 6.30. The van der Waals surface area contributed by atoms with Crippen molar-refractivity contribution >= 4 is 33.6 Å². The molecule has 78 valence electrons. The summed E-state index contributed by atoms with van der Waals surface area (Å²) in [6.07, 6.45) is 3.77. The Morgan fingerprint density at radius 1 is 1.47 bits per heavy atom. The van der Waals surface area contributed by atoms with E-state index in [1.165, 1.54) is 9.35 Å². The van der Waals surface area contributed by atoms with E-state index in [2.05, 4.69) is 27.4 Å². The van der Waals surface area contributed by atoms with Gasteiger partial charge in [-0.1, -0.05) is 0 Å². The van der Waals surface area contributed by atoms with Gasteiger partial charge in [0.15, 0.2) is 6.29 Å². The standard InChI is InChI=1S/C11H10BrNOS/c12-11-9(4-7-15-11)3-6-13-5-1-2-10(13)8-14/h1-2,4-5,7-8H,3,6H2. The lowest BCUT2D eigenvalue weighted by Crippen LogP contribution is -2.03. The highest BCUT2D eigenvalue weighted by atomic mass is 79.9. The smallest absolute Gasteiger partial charge is 0.166 e. The molecule has 2 aromatic heterocycles. The molecule has 0 aliphatic rings. The fraction of sp³-hybridized carbons (Fsp3) is 0.182. The summed E-state index contributed by atoms with van der Waals surface area (Å²) in [5.74, 6) is 0. The first kappa shape index (κ1) is 10.6. The molecule has 0 radical (unpaired) electrons. The van der Waals surface area contributed by atoms with Crippen LogP contribution in [0.1, 0.15) is 16.1 Å². The monoisotopic (exact) mass is 283 g/mol.